The maximum atomic E-state index is 6.69. The first kappa shape index (κ1) is 21.8. The van der Waals surface area contributed by atoms with Gasteiger partial charge in [0, 0.05) is 27.9 Å². The van der Waals surface area contributed by atoms with Gasteiger partial charge >= 0.3 is 0 Å². The molecule has 0 aliphatic carbocycles. The van der Waals surface area contributed by atoms with Crippen LogP contribution in [0.1, 0.15) is 0 Å². The summed E-state index contributed by atoms with van der Waals surface area (Å²) in [5.41, 5.74) is 6.29. The van der Waals surface area contributed by atoms with Gasteiger partial charge in [-0.2, -0.15) is 0 Å². The van der Waals surface area contributed by atoms with Gasteiger partial charge in [0.25, 0.3) is 0 Å². The smallest absolute Gasteiger partial charge is 0.0708 e. The van der Waals surface area contributed by atoms with E-state index < -0.39 is 0 Å². The number of rotatable bonds is 3. The Morgan fingerprint density at radius 2 is 0.973 bits per heavy atom. The van der Waals surface area contributed by atoms with Gasteiger partial charge in [0.1, 0.15) is 0 Å². The van der Waals surface area contributed by atoms with E-state index in [0.717, 1.165) is 38.5 Å². The average Bonchev–Trinajstić information content (AvgIpc) is 2.97. The van der Waals surface area contributed by atoms with Gasteiger partial charge in [0.2, 0.25) is 0 Å². The SMILES string of the molecule is Clc1ccccc1-c1cnc(-c2ccccc2)cc1-c1ccc2c3ccccc3c3ccccc3c2c1. The lowest BCUT2D eigenvalue weighted by atomic mass is 9.90. The van der Waals surface area contributed by atoms with Crippen molar-refractivity contribution in [3.63, 3.8) is 0 Å². The molecule has 0 spiro atoms. The lowest BCUT2D eigenvalue weighted by molar-refractivity contribution is 1.32. The molecule has 0 aliphatic rings. The second-order valence-corrected chi connectivity index (χ2v) is 9.72. The van der Waals surface area contributed by atoms with Crippen LogP contribution in [0.4, 0.5) is 0 Å². The van der Waals surface area contributed by atoms with Gasteiger partial charge in [-0.25, -0.2) is 0 Å². The number of aromatic nitrogens is 1. The first-order valence-corrected chi connectivity index (χ1v) is 12.8. The maximum absolute atomic E-state index is 6.69. The van der Waals surface area contributed by atoms with Crippen molar-refractivity contribution in [1.29, 1.82) is 0 Å². The highest BCUT2D eigenvalue weighted by Crippen LogP contribution is 2.41. The van der Waals surface area contributed by atoms with E-state index in [1.54, 1.807) is 0 Å². The summed E-state index contributed by atoms with van der Waals surface area (Å²) in [6.07, 6.45) is 1.96. The fraction of sp³-hybridized carbons (Fsp3) is 0. The van der Waals surface area contributed by atoms with Gasteiger partial charge in [0.05, 0.1) is 5.69 Å². The zero-order valence-corrected chi connectivity index (χ0v) is 20.8. The zero-order chi connectivity index (χ0) is 24.8. The molecule has 0 unspecified atom stereocenters. The van der Waals surface area contributed by atoms with Crippen molar-refractivity contribution in [2.45, 2.75) is 0 Å². The van der Waals surface area contributed by atoms with Crippen LogP contribution >= 0.6 is 11.6 Å². The Hall–Kier alpha value is -4.46. The van der Waals surface area contributed by atoms with E-state index in [1.807, 2.05) is 42.6 Å². The van der Waals surface area contributed by atoms with Gasteiger partial charge in [-0.3, -0.25) is 4.98 Å². The van der Waals surface area contributed by atoms with E-state index in [-0.39, 0.29) is 0 Å². The zero-order valence-electron chi connectivity index (χ0n) is 20.0. The first-order chi connectivity index (χ1) is 18.3. The lowest BCUT2D eigenvalue weighted by Gasteiger charge is -2.16. The highest BCUT2D eigenvalue weighted by molar-refractivity contribution is 6.33. The second-order valence-electron chi connectivity index (χ2n) is 9.31. The van der Waals surface area contributed by atoms with Crippen LogP contribution in [-0.4, -0.2) is 4.98 Å². The summed E-state index contributed by atoms with van der Waals surface area (Å²) in [5, 5.41) is 8.31. The molecule has 0 saturated carbocycles. The average molecular weight is 492 g/mol. The molecule has 0 atom stereocenters. The molecule has 1 nitrogen and oxygen atoms in total. The Labute approximate surface area is 220 Å². The Kier molecular flexibility index (Phi) is 5.23. The van der Waals surface area contributed by atoms with Gasteiger partial charge in [-0.15, -0.1) is 0 Å². The minimum Gasteiger partial charge on any atom is -0.256 e. The monoisotopic (exact) mass is 491 g/mol. The second kappa shape index (κ2) is 8.89. The topological polar surface area (TPSA) is 12.9 Å². The Morgan fingerprint density at radius 1 is 0.405 bits per heavy atom. The molecule has 0 saturated heterocycles. The van der Waals surface area contributed by atoms with Gasteiger partial charge < -0.3 is 0 Å². The van der Waals surface area contributed by atoms with E-state index in [9.17, 15) is 0 Å². The van der Waals surface area contributed by atoms with E-state index in [1.165, 1.54) is 32.3 Å². The van der Waals surface area contributed by atoms with E-state index >= 15 is 0 Å². The van der Waals surface area contributed by atoms with Crippen LogP contribution < -0.4 is 0 Å². The molecule has 0 N–H and O–H groups in total. The fourth-order valence-corrected chi connectivity index (χ4v) is 5.67. The molecular formula is C35H22ClN. The number of halogens is 1. The quantitative estimate of drug-likeness (QED) is 0.224. The molecule has 0 aliphatic heterocycles. The van der Waals surface area contributed by atoms with Crippen molar-refractivity contribution < 1.29 is 0 Å². The molecule has 0 amide bonds. The fourth-order valence-electron chi connectivity index (χ4n) is 5.43. The Morgan fingerprint density at radius 3 is 1.65 bits per heavy atom. The number of hydrogen-bond acceptors (Lipinski definition) is 1. The standard InChI is InChI=1S/C35H22ClN/c36-34-17-9-8-16-30(34)33-22-37-35(23-10-2-1-3-11-23)21-31(33)24-18-19-29-27-14-5-4-12-25(27)26-13-6-7-15-28(26)32(29)20-24/h1-22H. The number of fused-ring (bicyclic) bond motifs is 6. The van der Waals surface area contributed by atoms with Crippen molar-refractivity contribution in [3.05, 3.63) is 139 Å². The summed E-state index contributed by atoms with van der Waals surface area (Å²) >= 11 is 6.69. The van der Waals surface area contributed by atoms with Crippen LogP contribution in [0.3, 0.4) is 0 Å². The van der Waals surface area contributed by atoms with Crippen molar-refractivity contribution in [2.24, 2.45) is 0 Å². The Bertz CT molecular complexity index is 1900. The maximum Gasteiger partial charge on any atom is 0.0708 e. The Balaban J connectivity index is 1.55. The van der Waals surface area contributed by atoms with Crippen LogP contribution in [-0.2, 0) is 0 Å². The van der Waals surface area contributed by atoms with E-state index in [2.05, 4.69) is 91.0 Å². The summed E-state index contributed by atoms with van der Waals surface area (Å²) in [7, 11) is 0. The number of pyridine rings is 1. The van der Waals surface area contributed by atoms with Crippen LogP contribution in [0.15, 0.2) is 134 Å². The van der Waals surface area contributed by atoms with Crippen molar-refractivity contribution in [1.82, 2.24) is 4.98 Å². The molecule has 0 bridgehead atoms. The molecule has 7 aromatic rings. The molecule has 0 radical (unpaired) electrons. The highest BCUT2D eigenvalue weighted by atomic mass is 35.5. The van der Waals surface area contributed by atoms with Gasteiger partial charge in [-0.05, 0) is 61.6 Å². The minimum atomic E-state index is 0.718. The molecule has 7 rings (SSSR count). The summed E-state index contributed by atoms with van der Waals surface area (Å²) < 4.78 is 0. The van der Waals surface area contributed by atoms with E-state index in [0.29, 0.717) is 0 Å². The van der Waals surface area contributed by atoms with Crippen LogP contribution in [0.2, 0.25) is 5.02 Å². The highest BCUT2D eigenvalue weighted by Gasteiger charge is 2.15. The number of benzene rings is 6. The molecule has 2 heteroatoms. The number of nitrogens with zero attached hydrogens (tertiary/aromatic N) is 1. The summed E-state index contributed by atoms with van der Waals surface area (Å²) in [6.45, 7) is 0. The van der Waals surface area contributed by atoms with Crippen molar-refractivity contribution in [3.8, 4) is 33.5 Å². The molecular weight excluding hydrogens is 470 g/mol. The third-order valence-electron chi connectivity index (χ3n) is 7.19. The van der Waals surface area contributed by atoms with Crippen LogP contribution in [0.25, 0.3) is 65.8 Å². The predicted octanol–water partition coefficient (Wildman–Crippen LogP) is 10.2. The van der Waals surface area contributed by atoms with Crippen molar-refractivity contribution >= 4 is 43.9 Å². The van der Waals surface area contributed by atoms with E-state index in [4.69, 9.17) is 16.6 Å². The third-order valence-corrected chi connectivity index (χ3v) is 7.52. The molecule has 0 fully saturated rings. The van der Waals surface area contributed by atoms with Crippen molar-refractivity contribution in [2.75, 3.05) is 0 Å². The van der Waals surface area contributed by atoms with Gasteiger partial charge in [-0.1, -0.05) is 121 Å². The third kappa shape index (κ3) is 3.67. The van der Waals surface area contributed by atoms with Crippen LogP contribution in [0, 0.1) is 0 Å². The normalized spacial score (nSPS) is 11.4. The molecule has 174 valence electrons. The molecule has 1 aromatic heterocycles. The largest absolute Gasteiger partial charge is 0.256 e. The molecule has 6 aromatic carbocycles. The summed E-state index contributed by atoms with van der Waals surface area (Å²) in [6, 6.07) is 44.7. The van der Waals surface area contributed by atoms with Crippen LogP contribution in [0.5, 0.6) is 0 Å². The summed E-state index contributed by atoms with van der Waals surface area (Å²) in [5.74, 6) is 0. The minimum absolute atomic E-state index is 0.718. The predicted molar refractivity (Wildman–Crippen MR) is 158 cm³/mol. The number of hydrogen-bond donors (Lipinski definition) is 0. The molecule has 1 heterocycles. The lowest BCUT2D eigenvalue weighted by Crippen LogP contribution is -1.92. The van der Waals surface area contributed by atoms with Gasteiger partial charge in [0.15, 0.2) is 0 Å². The molecule has 37 heavy (non-hydrogen) atoms. The first-order valence-electron chi connectivity index (χ1n) is 12.4. The summed E-state index contributed by atoms with van der Waals surface area (Å²) in [4.78, 5) is 4.85.